The number of nitrogens with zero attached hydrogens (tertiary/aromatic N) is 1. The third-order valence-electron chi connectivity index (χ3n) is 3.47. The summed E-state index contributed by atoms with van der Waals surface area (Å²) in [4.78, 5) is 14.5. The Morgan fingerprint density at radius 3 is 2.59 bits per heavy atom. The third-order valence-corrected chi connectivity index (χ3v) is 3.76. The lowest BCUT2D eigenvalue weighted by Crippen LogP contribution is -2.41. The molecule has 0 aromatic heterocycles. The first-order chi connectivity index (χ1) is 8.04. The van der Waals surface area contributed by atoms with Gasteiger partial charge in [0.05, 0.1) is 10.9 Å². The maximum absolute atomic E-state index is 11.8. The number of hydrogen-bond donors (Lipinski definition) is 2. The van der Waals surface area contributed by atoms with Gasteiger partial charge in [-0.15, -0.1) is 0 Å². The highest BCUT2D eigenvalue weighted by atomic mass is 32.1. The second-order valence-corrected chi connectivity index (χ2v) is 5.33. The predicted octanol–water partition coefficient (Wildman–Crippen LogP) is 0.757. The smallest absolute Gasteiger partial charge is 0.229 e. The van der Waals surface area contributed by atoms with E-state index in [1.54, 1.807) is 0 Å². The highest BCUT2D eigenvalue weighted by Crippen LogP contribution is 2.15. The lowest BCUT2D eigenvalue weighted by Gasteiger charge is -2.29. The second kappa shape index (κ2) is 6.91. The minimum Gasteiger partial charge on any atom is -0.393 e. The number of nitrogens with two attached hydrogens (primary N) is 1. The zero-order valence-corrected chi connectivity index (χ0v) is 11.6. The number of piperidine rings is 1. The lowest BCUT2D eigenvalue weighted by atomic mass is 9.96. The summed E-state index contributed by atoms with van der Waals surface area (Å²) >= 11 is 4.89. The van der Waals surface area contributed by atoms with Gasteiger partial charge in [0, 0.05) is 6.54 Å². The summed E-state index contributed by atoms with van der Waals surface area (Å²) in [7, 11) is 2.13. The van der Waals surface area contributed by atoms with Crippen molar-refractivity contribution >= 4 is 23.1 Å². The van der Waals surface area contributed by atoms with E-state index in [9.17, 15) is 4.79 Å². The number of carbonyl (C=O) groups is 1. The Morgan fingerprint density at radius 2 is 2.12 bits per heavy atom. The molecule has 1 amide bonds. The number of carbonyl (C=O) groups excluding carboxylic acids is 1. The molecule has 0 radical (unpaired) electrons. The first-order valence-electron chi connectivity index (χ1n) is 6.30. The Hall–Kier alpha value is -0.680. The third kappa shape index (κ3) is 4.60. The van der Waals surface area contributed by atoms with E-state index in [-0.39, 0.29) is 11.8 Å². The topological polar surface area (TPSA) is 58.4 Å². The molecular weight excluding hydrogens is 234 g/mol. The van der Waals surface area contributed by atoms with Gasteiger partial charge in [0.1, 0.15) is 0 Å². The average molecular weight is 257 g/mol. The molecule has 1 atom stereocenters. The molecule has 1 rings (SSSR count). The normalized spacial score (nSPS) is 19.9. The molecule has 0 spiro atoms. The van der Waals surface area contributed by atoms with Crippen LogP contribution in [0.2, 0.25) is 0 Å². The molecule has 5 heteroatoms. The largest absolute Gasteiger partial charge is 0.393 e. The van der Waals surface area contributed by atoms with Crippen LogP contribution in [0.25, 0.3) is 0 Å². The van der Waals surface area contributed by atoms with E-state index in [0.717, 1.165) is 32.5 Å². The standard InChI is InChI=1S/C12H23N3OS/c1-3-10(11(13)17)12(16)14-8-9-4-6-15(2)7-5-9/h9-10H,3-8H2,1-2H3,(H2,13,17)(H,14,16). The Kier molecular flexibility index (Phi) is 5.85. The Labute approximate surface area is 109 Å². The fourth-order valence-corrected chi connectivity index (χ4v) is 2.42. The van der Waals surface area contributed by atoms with Gasteiger partial charge in [-0.05, 0) is 45.3 Å². The minimum absolute atomic E-state index is 0.0149. The van der Waals surface area contributed by atoms with Gasteiger partial charge < -0.3 is 16.0 Å². The number of thiocarbonyl (C=S) groups is 1. The van der Waals surface area contributed by atoms with Crippen molar-refractivity contribution < 1.29 is 4.79 Å². The van der Waals surface area contributed by atoms with Crippen LogP contribution in [0.15, 0.2) is 0 Å². The second-order valence-electron chi connectivity index (χ2n) is 4.86. The van der Waals surface area contributed by atoms with E-state index >= 15 is 0 Å². The van der Waals surface area contributed by atoms with Crippen molar-refractivity contribution in [2.24, 2.45) is 17.6 Å². The summed E-state index contributed by atoms with van der Waals surface area (Å²) in [6.45, 7) is 4.92. The summed E-state index contributed by atoms with van der Waals surface area (Å²) in [5.41, 5.74) is 5.54. The van der Waals surface area contributed by atoms with E-state index in [1.807, 2.05) is 6.92 Å². The van der Waals surface area contributed by atoms with E-state index in [4.69, 9.17) is 18.0 Å². The summed E-state index contributed by atoms with van der Waals surface area (Å²) in [5.74, 6) is 0.272. The van der Waals surface area contributed by atoms with Crippen LogP contribution in [0.3, 0.4) is 0 Å². The molecule has 98 valence electrons. The summed E-state index contributed by atoms with van der Waals surface area (Å²) in [6.07, 6.45) is 2.98. The first kappa shape index (κ1) is 14.4. The van der Waals surface area contributed by atoms with Gasteiger partial charge in [-0.3, -0.25) is 4.79 Å². The van der Waals surface area contributed by atoms with Crippen LogP contribution >= 0.6 is 12.2 Å². The van der Waals surface area contributed by atoms with E-state index in [0.29, 0.717) is 17.3 Å². The SMILES string of the molecule is CCC(C(=O)NCC1CCN(C)CC1)C(N)=S. The first-order valence-corrected chi connectivity index (χ1v) is 6.71. The van der Waals surface area contributed by atoms with Crippen LogP contribution in [-0.2, 0) is 4.79 Å². The molecule has 0 bridgehead atoms. The zero-order chi connectivity index (χ0) is 12.8. The van der Waals surface area contributed by atoms with Crippen molar-refractivity contribution in [2.75, 3.05) is 26.7 Å². The average Bonchev–Trinajstić information content (AvgIpc) is 2.28. The van der Waals surface area contributed by atoms with Crippen molar-refractivity contribution in [1.29, 1.82) is 0 Å². The Bertz CT molecular complexity index is 275. The van der Waals surface area contributed by atoms with Crippen LogP contribution < -0.4 is 11.1 Å². The molecule has 1 aliphatic heterocycles. The number of likely N-dealkylation sites (tertiary alicyclic amines) is 1. The summed E-state index contributed by atoms with van der Waals surface area (Å²) in [5, 5.41) is 2.97. The molecule has 1 saturated heterocycles. The Balaban J connectivity index is 2.30. The zero-order valence-electron chi connectivity index (χ0n) is 10.7. The molecule has 1 unspecified atom stereocenters. The molecule has 1 aliphatic rings. The molecule has 1 fully saturated rings. The highest BCUT2D eigenvalue weighted by Gasteiger charge is 2.21. The molecule has 17 heavy (non-hydrogen) atoms. The number of nitrogens with one attached hydrogen (secondary N) is 1. The van der Waals surface area contributed by atoms with Crippen LogP contribution in [0.1, 0.15) is 26.2 Å². The molecule has 0 aromatic carbocycles. The molecular formula is C12H23N3OS. The fourth-order valence-electron chi connectivity index (χ4n) is 2.15. The van der Waals surface area contributed by atoms with Crippen molar-refractivity contribution in [2.45, 2.75) is 26.2 Å². The van der Waals surface area contributed by atoms with E-state index < -0.39 is 0 Å². The summed E-state index contributed by atoms with van der Waals surface area (Å²) < 4.78 is 0. The molecule has 3 N–H and O–H groups in total. The van der Waals surface area contributed by atoms with Crippen LogP contribution in [0.5, 0.6) is 0 Å². The maximum atomic E-state index is 11.8. The quantitative estimate of drug-likeness (QED) is 0.714. The van der Waals surface area contributed by atoms with Gasteiger partial charge in [-0.25, -0.2) is 0 Å². The van der Waals surface area contributed by atoms with E-state index in [1.165, 1.54) is 0 Å². The van der Waals surface area contributed by atoms with Crippen LogP contribution in [0, 0.1) is 11.8 Å². The van der Waals surface area contributed by atoms with Gasteiger partial charge >= 0.3 is 0 Å². The van der Waals surface area contributed by atoms with Gasteiger partial charge in [0.15, 0.2) is 0 Å². The predicted molar refractivity (Wildman–Crippen MR) is 73.8 cm³/mol. The van der Waals surface area contributed by atoms with Crippen molar-refractivity contribution in [3.05, 3.63) is 0 Å². The molecule has 4 nitrogen and oxygen atoms in total. The molecule has 0 saturated carbocycles. The van der Waals surface area contributed by atoms with Crippen LogP contribution in [-0.4, -0.2) is 42.5 Å². The Morgan fingerprint density at radius 1 is 1.53 bits per heavy atom. The number of hydrogen-bond acceptors (Lipinski definition) is 3. The monoisotopic (exact) mass is 257 g/mol. The van der Waals surface area contributed by atoms with Crippen molar-refractivity contribution in [1.82, 2.24) is 10.2 Å². The maximum Gasteiger partial charge on any atom is 0.229 e. The van der Waals surface area contributed by atoms with Gasteiger partial charge in [-0.2, -0.15) is 0 Å². The van der Waals surface area contributed by atoms with Crippen molar-refractivity contribution in [3.63, 3.8) is 0 Å². The van der Waals surface area contributed by atoms with E-state index in [2.05, 4.69) is 17.3 Å². The molecule has 1 heterocycles. The van der Waals surface area contributed by atoms with Crippen LogP contribution in [0.4, 0.5) is 0 Å². The van der Waals surface area contributed by atoms with Gasteiger partial charge in [-0.1, -0.05) is 19.1 Å². The lowest BCUT2D eigenvalue weighted by molar-refractivity contribution is -0.123. The number of amides is 1. The molecule has 0 aliphatic carbocycles. The number of rotatable bonds is 5. The highest BCUT2D eigenvalue weighted by molar-refractivity contribution is 7.80. The minimum atomic E-state index is -0.309. The summed E-state index contributed by atoms with van der Waals surface area (Å²) in [6, 6.07) is 0. The fraction of sp³-hybridized carbons (Fsp3) is 0.833. The van der Waals surface area contributed by atoms with Crippen molar-refractivity contribution in [3.8, 4) is 0 Å². The van der Waals surface area contributed by atoms with Gasteiger partial charge in [0.2, 0.25) is 5.91 Å². The molecule has 0 aromatic rings. The van der Waals surface area contributed by atoms with Gasteiger partial charge in [0.25, 0.3) is 0 Å².